The van der Waals surface area contributed by atoms with Gasteiger partial charge in [0.25, 0.3) is 11.5 Å². The van der Waals surface area contributed by atoms with Crippen LogP contribution in [0.5, 0.6) is 5.75 Å². The lowest BCUT2D eigenvalue weighted by Crippen LogP contribution is -2.47. The minimum absolute atomic E-state index is 0.0106. The third kappa shape index (κ3) is 5.84. The Hall–Kier alpha value is -2.93. The lowest BCUT2D eigenvalue weighted by Gasteiger charge is -2.36. The third-order valence-corrected chi connectivity index (χ3v) is 6.33. The number of alkyl halides is 3. The van der Waals surface area contributed by atoms with E-state index in [1.54, 1.807) is 11.8 Å². The molecule has 0 radical (unpaired) electrons. The molecule has 35 heavy (non-hydrogen) atoms. The van der Waals surface area contributed by atoms with Crippen molar-refractivity contribution in [2.75, 3.05) is 31.1 Å². The highest BCUT2D eigenvalue weighted by molar-refractivity contribution is 6.31. The minimum Gasteiger partial charge on any atom is -0.485 e. The van der Waals surface area contributed by atoms with Crippen LogP contribution in [0.1, 0.15) is 31.7 Å². The van der Waals surface area contributed by atoms with Gasteiger partial charge in [0.1, 0.15) is 12.2 Å². The zero-order valence-corrected chi connectivity index (χ0v) is 19.6. The van der Waals surface area contributed by atoms with E-state index in [4.69, 9.17) is 21.1 Å². The van der Waals surface area contributed by atoms with Gasteiger partial charge in [0.2, 0.25) is 5.95 Å². The van der Waals surface area contributed by atoms with E-state index in [0.29, 0.717) is 38.9 Å². The maximum Gasteiger partial charge on any atom is 0.419 e. The van der Waals surface area contributed by atoms with Gasteiger partial charge in [-0.1, -0.05) is 11.6 Å². The Morgan fingerprint density at radius 2 is 1.83 bits per heavy atom. The molecule has 4 heterocycles. The smallest absolute Gasteiger partial charge is 0.419 e. The van der Waals surface area contributed by atoms with E-state index < -0.39 is 29.5 Å². The summed E-state index contributed by atoms with van der Waals surface area (Å²) in [5.41, 5.74) is -1.45. The highest BCUT2D eigenvalue weighted by atomic mass is 35.5. The van der Waals surface area contributed by atoms with Crippen LogP contribution in [0, 0.1) is 0 Å². The van der Waals surface area contributed by atoms with Crippen LogP contribution in [0.3, 0.4) is 0 Å². The summed E-state index contributed by atoms with van der Waals surface area (Å²) >= 11 is 5.90. The summed E-state index contributed by atoms with van der Waals surface area (Å²) in [5, 5.41) is 5.74. The van der Waals surface area contributed by atoms with Crippen molar-refractivity contribution in [3.8, 4) is 5.75 Å². The summed E-state index contributed by atoms with van der Waals surface area (Å²) < 4.78 is 49.5. The van der Waals surface area contributed by atoms with Gasteiger partial charge in [-0.3, -0.25) is 9.59 Å². The molecule has 4 rings (SSSR count). The second kappa shape index (κ2) is 10.4. The predicted molar refractivity (Wildman–Crippen MR) is 118 cm³/mol. The van der Waals surface area contributed by atoms with E-state index in [9.17, 15) is 22.8 Å². The minimum atomic E-state index is -4.48. The number of likely N-dealkylation sites (tertiary alicyclic amines) is 1. The van der Waals surface area contributed by atoms with E-state index in [1.165, 1.54) is 6.20 Å². The first-order chi connectivity index (χ1) is 16.6. The van der Waals surface area contributed by atoms with Gasteiger partial charge >= 0.3 is 6.18 Å². The molecule has 0 saturated carbocycles. The van der Waals surface area contributed by atoms with Crippen molar-refractivity contribution >= 4 is 23.5 Å². The van der Waals surface area contributed by atoms with E-state index >= 15 is 0 Å². The number of carbonyl (C=O) groups is 1. The van der Waals surface area contributed by atoms with E-state index in [2.05, 4.69) is 20.2 Å². The number of ether oxygens (including phenoxy) is 2. The number of hydrogen-bond donors (Lipinski definition) is 1. The molecule has 190 valence electrons. The quantitative estimate of drug-likeness (QED) is 0.596. The van der Waals surface area contributed by atoms with E-state index in [-0.39, 0.29) is 35.3 Å². The van der Waals surface area contributed by atoms with Crippen LogP contribution < -0.4 is 15.2 Å². The number of aromatic amines is 1. The molecule has 2 fully saturated rings. The first-order valence-corrected chi connectivity index (χ1v) is 11.5. The predicted octanol–water partition coefficient (Wildman–Crippen LogP) is 2.29. The van der Waals surface area contributed by atoms with Crippen molar-refractivity contribution < 1.29 is 27.4 Å². The standard InChI is InChI=1S/C21H24ClF3N6O4/c1-12(35-16-10-28-29-18(32)17(16)22)11-34-15-4-7-31(19(15)33)14-2-5-30(6-3-14)20-26-8-13(9-27-20)21(23,24)25/h8-10,12,14-15H,2-7,11H2,1H3,(H,29,32)/t12?,15-/m0/s1. The number of nitrogens with one attached hydrogen (secondary N) is 1. The summed E-state index contributed by atoms with van der Waals surface area (Å²) in [4.78, 5) is 35.7. The molecule has 0 aliphatic carbocycles. The zero-order valence-electron chi connectivity index (χ0n) is 18.8. The van der Waals surface area contributed by atoms with Crippen LogP contribution in [-0.4, -0.2) is 75.5 Å². The average Bonchev–Trinajstić information content (AvgIpc) is 3.20. The monoisotopic (exact) mass is 516 g/mol. The molecule has 0 spiro atoms. The van der Waals surface area contributed by atoms with Crippen LogP contribution in [0.15, 0.2) is 23.4 Å². The topological polar surface area (TPSA) is 114 Å². The number of nitrogens with zero attached hydrogens (tertiary/aromatic N) is 5. The lowest BCUT2D eigenvalue weighted by atomic mass is 10.0. The van der Waals surface area contributed by atoms with Gasteiger partial charge in [-0.15, -0.1) is 0 Å². The Balaban J connectivity index is 1.24. The van der Waals surface area contributed by atoms with E-state index in [1.807, 2.05) is 4.90 Å². The first-order valence-electron chi connectivity index (χ1n) is 11.1. The Labute approximate surface area is 203 Å². The average molecular weight is 517 g/mol. The van der Waals surface area contributed by atoms with Crippen LogP contribution in [0.4, 0.5) is 19.1 Å². The molecule has 14 heteroatoms. The van der Waals surface area contributed by atoms with Crippen LogP contribution in [-0.2, 0) is 15.7 Å². The fourth-order valence-electron chi connectivity index (χ4n) is 4.15. The normalized spacial score (nSPS) is 20.4. The van der Waals surface area contributed by atoms with Crippen molar-refractivity contribution in [3.63, 3.8) is 0 Å². The number of carbonyl (C=O) groups excluding carboxylic acids is 1. The fraction of sp³-hybridized carbons (Fsp3) is 0.571. The van der Waals surface area contributed by atoms with Gasteiger partial charge in [-0.2, -0.15) is 18.3 Å². The lowest BCUT2D eigenvalue weighted by molar-refractivity contribution is -0.140. The van der Waals surface area contributed by atoms with Gasteiger partial charge in [0, 0.05) is 44.5 Å². The summed E-state index contributed by atoms with van der Waals surface area (Å²) in [6.45, 7) is 3.47. The van der Waals surface area contributed by atoms with Crippen molar-refractivity contribution in [1.82, 2.24) is 25.1 Å². The molecule has 2 saturated heterocycles. The molecule has 1 unspecified atom stereocenters. The van der Waals surface area contributed by atoms with Crippen LogP contribution in [0.2, 0.25) is 5.02 Å². The Morgan fingerprint density at radius 3 is 2.49 bits per heavy atom. The molecule has 0 aromatic carbocycles. The molecule has 1 N–H and O–H groups in total. The van der Waals surface area contributed by atoms with Gasteiger partial charge in [0.05, 0.1) is 18.4 Å². The number of rotatable bonds is 7. The Kier molecular flexibility index (Phi) is 7.45. The molecular weight excluding hydrogens is 493 g/mol. The molecule has 0 bridgehead atoms. The number of hydrogen-bond acceptors (Lipinski definition) is 8. The van der Waals surface area contributed by atoms with E-state index in [0.717, 1.165) is 12.4 Å². The van der Waals surface area contributed by atoms with Crippen molar-refractivity contribution in [3.05, 3.63) is 39.5 Å². The highest BCUT2D eigenvalue weighted by Crippen LogP contribution is 2.29. The maximum absolute atomic E-state index is 12.9. The number of amides is 1. The number of anilines is 1. The third-order valence-electron chi connectivity index (χ3n) is 5.97. The maximum atomic E-state index is 12.9. The molecule has 10 nitrogen and oxygen atoms in total. The number of halogens is 4. The van der Waals surface area contributed by atoms with Crippen LogP contribution >= 0.6 is 11.6 Å². The summed E-state index contributed by atoms with van der Waals surface area (Å²) in [6.07, 6.45) is -0.833. The van der Waals surface area contributed by atoms with Crippen molar-refractivity contribution in [2.45, 2.75) is 50.6 Å². The van der Waals surface area contributed by atoms with Crippen molar-refractivity contribution in [2.24, 2.45) is 0 Å². The Morgan fingerprint density at radius 1 is 1.14 bits per heavy atom. The SMILES string of the molecule is CC(CO[C@H]1CCN(C2CCN(c3ncc(C(F)(F)F)cn3)CC2)C1=O)Oc1cn[nH]c(=O)c1Cl. The fourth-order valence-corrected chi connectivity index (χ4v) is 4.29. The second-order valence-corrected chi connectivity index (χ2v) is 8.81. The molecule has 2 aliphatic rings. The molecule has 1 amide bonds. The summed E-state index contributed by atoms with van der Waals surface area (Å²) in [5.74, 6) is 0.280. The molecule has 2 aromatic rings. The summed E-state index contributed by atoms with van der Waals surface area (Å²) in [6, 6.07) is 0.0106. The van der Waals surface area contributed by atoms with Crippen LogP contribution in [0.25, 0.3) is 0 Å². The Bertz CT molecular complexity index is 1090. The molecule has 2 aromatic heterocycles. The van der Waals surface area contributed by atoms with Gasteiger partial charge < -0.3 is 19.3 Å². The number of aromatic nitrogens is 4. The van der Waals surface area contributed by atoms with Crippen molar-refractivity contribution in [1.29, 1.82) is 0 Å². The van der Waals surface area contributed by atoms with Gasteiger partial charge in [0.15, 0.2) is 10.8 Å². The largest absolute Gasteiger partial charge is 0.485 e. The highest BCUT2D eigenvalue weighted by Gasteiger charge is 2.38. The molecule has 2 atom stereocenters. The first kappa shape index (κ1) is 25.2. The zero-order chi connectivity index (χ0) is 25.2. The van der Waals surface area contributed by atoms with Gasteiger partial charge in [-0.25, -0.2) is 15.1 Å². The molecule has 2 aliphatic heterocycles. The number of piperidine rings is 1. The number of H-pyrrole nitrogens is 1. The molecular formula is C21H24ClF3N6O4. The summed E-state index contributed by atoms with van der Waals surface area (Å²) in [7, 11) is 0. The van der Waals surface area contributed by atoms with Gasteiger partial charge in [-0.05, 0) is 19.8 Å². The second-order valence-electron chi connectivity index (χ2n) is 8.44.